The number of benzene rings is 1. The molecule has 0 unspecified atom stereocenters. The first kappa shape index (κ1) is 18.6. The highest BCUT2D eigenvalue weighted by Gasteiger charge is 2.66. The molecule has 2 amide bonds. The number of carbonyl (C=O) groups is 2. The molecule has 3 aliphatic heterocycles. The van der Waals surface area contributed by atoms with Gasteiger partial charge in [0, 0.05) is 0 Å². The minimum Gasteiger partial charge on any atom is -0.308 e. The van der Waals surface area contributed by atoms with E-state index in [1.54, 1.807) is 24.3 Å². The van der Waals surface area contributed by atoms with Crippen molar-refractivity contribution < 1.29 is 23.2 Å². The molecule has 1 aromatic carbocycles. The lowest BCUT2D eigenvalue weighted by atomic mass is 9.79. The quantitative estimate of drug-likeness (QED) is 0.447. The number of amides is 2. The molecule has 1 aliphatic carbocycles. The van der Waals surface area contributed by atoms with Crippen LogP contribution in [-0.4, -0.2) is 30.2 Å². The maximum Gasteiger partial charge on any atom is 0.338 e. The number of hydrogen-bond acceptors (Lipinski definition) is 5. The van der Waals surface area contributed by atoms with Crippen LogP contribution in [-0.2, 0) is 23.2 Å². The third-order valence-electron chi connectivity index (χ3n) is 5.29. The number of imide groups is 1. The average molecular weight is 389 g/mol. The van der Waals surface area contributed by atoms with Gasteiger partial charge in [0.05, 0.1) is 29.8 Å². The number of fused-ring (bicyclic) bond motifs is 1. The van der Waals surface area contributed by atoms with Crippen LogP contribution in [0.3, 0.4) is 0 Å². The number of carbonyl (C=O) groups excluding carboxylic acids is 2. The van der Waals surface area contributed by atoms with E-state index in [0.29, 0.717) is 5.69 Å². The third kappa shape index (κ3) is 2.91. The van der Waals surface area contributed by atoms with Crippen molar-refractivity contribution in [3.8, 4) is 0 Å². The maximum absolute atomic E-state index is 13.5. The van der Waals surface area contributed by atoms with Crippen LogP contribution in [0.15, 0.2) is 42.0 Å². The topological polar surface area (TPSA) is 72.9 Å². The molecule has 2 bridgehead atoms. The molecule has 3 heterocycles. The van der Waals surface area contributed by atoms with Gasteiger partial charge in [0.25, 0.3) is 0 Å². The van der Waals surface area contributed by atoms with Crippen molar-refractivity contribution in [2.24, 2.45) is 17.3 Å². The summed E-state index contributed by atoms with van der Waals surface area (Å²) < 4.78 is 25.1. The van der Waals surface area contributed by atoms with Gasteiger partial charge in [0.1, 0.15) is 6.10 Å². The Morgan fingerprint density at radius 3 is 2.37 bits per heavy atom. The van der Waals surface area contributed by atoms with Crippen LogP contribution in [0, 0.1) is 17.3 Å². The van der Waals surface area contributed by atoms with E-state index >= 15 is 0 Å². The molecule has 5 atom stereocenters. The number of hydrogen-bond donors (Lipinski definition) is 0. The van der Waals surface area contributed by atoms with Gasteiger partial charge in [-0.15, -0.1) is 0 Å². The summed E-state index contributed by atoms with van der Waals surface area (Å²) in [5, 5.41) is 0. The van der Waals surface area contributed by atoms with Crippen LogP contribution < -0.4 is 4.90 Å². The van der Waals surface area contributed by atoms with Gasteiger partial charge in [0.2, 0.25) is 11.8 Å². The molecule has 5 rings (SSSR count). The minimum absolute atomic E-state index is 0.193. The molecule has 0 spiro atoms. The van der Waals surface area contributed by atoms with E-state index < -0.39 is 31.2 Å². The van der Waals surface area contributed by atoms with Gasteiger partial charge in [-0.05, 0) is 30.0 Å². The van der Waals surface area contributed by atoms with Crippen LogP contribution in [0.2, 0.25) is 0 Å². The largest absolute Gasteiger partial charge is 0.338 e. The predicted molar refractivity (Wildman–Crippen MR) is 101 cm³/mol. The van der Waals surface area contributed by atoms with Crippen molar-refractivity contribution >= 4 is 25.1 Å². The summed E-state index contributed by atoms with van der Waals surface area (Å²) >= 11 is 0. The molecule has 7 heteroatoms. The second-order valence-corrected chi connectivity index (χ2v) is 10.8. The van der Waals surface area contributed by atoms with Crippen molar-refractivity contribution in [3.05, 3.63) is 42.0 Å². The van der Waals surface area contributed by atoms with Crippen molar-refractivity contribution in [2.75, 3.05) is 11.5 Å². The summed E-state index contributed by atoms with van der Waals surface area (Å²) in [7, 11) is -3.54. The summed E-state index contributed by atoms with van der Waals surface area (Å²) in [6, 6.07) is 8.85. The standard InChI is InChI=1S/C20H24NO5P/c1-12-10-14-15-16(17(12)26-27(14,24)25-11-20(2,3)4)19(23)21(18(15)22)13-8-6-5-7-9-13/h5-10,14-17H,11H2,1-4H3/t14-,15+,16+,17+,27-/m0/s1. The third-order valence-corrected chi connectivity index (χ3v) is 7.50. The number of para-hydroxylation sites is 1. The molecule has 6 nitrogen and oxygen atoms in total. The summed E-state index contributed by atoms with van der Waals surface area (Å²) in [6.07, 6.45) is 1.13. The highest BCUT2D eigenvalue weighted by Crippen LogP contribution is 2.68. The average Bonchev–Trinajstić information content (AvgIpc) is 2.87. The lowest BCUT2D eigenvalue weighted by Gasteiger charge is -2.45. The van der Waals surface area contributed by atoms with Gasteiger partial charge in [-0.25, -0.2) is 4.90 Å². The molecule has 27 heavy (non-hydrogen) atoms. The summed E-state index contributed by atoms with van der Waals surface area (Å²) in [4.78, 5) is 27.5. The summed E-state index contributed by atoms with van der Waals surface area (Å²) in [6.45, 7) is 8.04. The van der Waals surface area contributed by atoms with Gasteiger partial charge >= 0.3 is 7.60 Å². The van der Waals surface area contributed by atoms with E-state index in [1.165, 1.54) is 4.90 Å². The van der Waals surface area contributed by atoms with Crippen molar-refractivity contribution in [1.82, 2.24) is 0 Å². The second-order valence-electron chi connectivity index (χ2n) is 8.70. The molecular weight excluding hydrogens is 365 g/mol. The SMILES string of the molecule is CC1=C[C@H]2[C@H]3C(=O)N(c4ccccc4)C(=O)[C@H]3[C@@H]1O[P@@]2(=O)OCC(C)(C)C. The van der Waals surface area contributed by atoms with E-state index in [0.717, 1.165) is 5.57 Å². The Hall–Kier alpha value is -1.75. The Balaban J connectivity index is 1.71. The van der Waals surface area contributed by atoms with Crippen molar-refractivity contribution in [1.29, 1.82) is 0 Å². The molecule has 2 saturated heterocycles. The van der Waals surface area contributed by atoms with Gasteiger partial charge in [-0.1, -0.05) is 45.0 Å². The predicted octanol–water partition coefficient (Wildman–Crippen LogP) is 3.78. The Kier molecular flexibility index (Phi) is 4.22. The minimum atomic E-state index is -3.54. The smallest absolute Gasteiger partial charge is 0.308 e. The molecule has 0 radical (unpaired) electrons. The Morgan fingerprint density at radius 2 is 1.74 bits per heavy atom. The first-order valence-corrected chi connectivity index (χ1v) is 10.8. The highest BCUT2D eigenvalue weighted by molar-refractivity contribution is 7.55. The van der Waals surface area contributed by atoms with E-state index in [9.17, 15) is 14.2 Å². The zero-order valence-electron chi connectivity index (χ0n) is 15.9. The normalized spacial score (nSPS) is 35.4. The Bertz CT molecular complexity index is 872. The second kappa shape index (κ2) is 6.13. The molecule has 2 fully saturated rings. The van der Waals surface area contributed by atoms with Crippen molar-refractivity contribution in [2.45, 2.75) is 39.5 Å². The highest BCUT2D eigenvalue weighted by atomic mass is 31.2. The van der Waals surface area contributed by atoms with Gasteiger partial charge in [0.15, 0.2) is 0 Å². The van der Waals surface area contributed by atoms with E-state index in [-0.39, 0.29) is 23.8 Å². The fourth-order valence-electron chi connectivity index (χ4n) is 4.04. The zero-order valence-corrected chi connectivity index (χ0v) is 16.8. The lowest BCUT2D eigenvalue weighted by molar-refractivity contribution is -0.124. The van der Waals surface area contributed by atoms with E-state index in [2.05, 4.69) is 0 Å². The zero-order chi connectivity index (χ0) is 19.6. The van der Waals surface area contributed by atoms with Crippen LogP contribution in [0.25, 0.3) is 0 Å². The summed E-state index contributed by atoms with van der Waals surface area (Å²) in [5.74, 6) is -1.96. The fourth-order valence-corrected chi connectivity index (χ4v) is 6.72. The fraction of sp³-hybridized carbons (Fsp3) is 0.500. The number of rotatable bonds is 3. The van der Waals surface area contributed by atoms with Crippen molar-refractivity contribution in [3.63, 3.8) is 0 Å². The van der Waals surface area contributed by atoms with Gasteiger partial charge < -0.3 is 4.52 Å². The lowest BCUT2D eigenvalue weighted by Crippen LogP contribution is -2.48. The number of anilines is 1. The number of nitrogens with zero attached hydrogens (tertiary/aromatic N) is 1. The van der Waals surface area contributed by atoms with E-state index in [4.69, 9.17) is 9.05 Å². The van der Waals surface area contributed by atoms with E-state index in [1.807, 2.05) is 39.8 Å². The molecular formula is C20H24NO5P. The molecule has 1 aromatic rings. The van der Waals surface area contributed by atoms with Gasteiger partial charge in [-0.3, -0.25) is 18.7 Å². The molecule has 4 aliphatic rings. The molecule has 0 saturated carbocycles. The Morgan fingerprint density at radius 1 is 1.11 bits per heavy atom. The maximum atomic E-state index is 13.5. The summed E-state index contributed by atoms with van der Waals surface area (Å²) in [5.41, 5.74) is 0.453. The van der Waals surface area contributed by atoms with Crippen LogP contribution in [0.1, 0.15) is 27.7 Å². The first-order chi connectivity index (χ1) is 12.6. The van der Waals surface area contributed by atoms with Gasteiger partial charge in [-0.2, -0.15) is 0 Å². The van der Waals surface area contributed by atoms with Crippen LogP contribution >= 0.6 is 7.60 Å². The first-order valence-electron chi connectivity index (χ1n) is 9.16. The van der Waals surface area contributed by atoms with Crippen LogP contribution in [0.4, 0.5) is 5.69 Å². The monoisotopic (exact) mass is 389 g/mol. The molecule has 0 aromatic heterocycles. The number of allylic oxidation sites excluding steroid dienone is 1. The molecule has 144 valence electrons. The van der Waals surface area contributed by atoms with Crippen LogP contribution in [0.5, 0.6) is 0 Å². The Labute approximate surface area is 159 Å². The molecule has 0 N–H and O–H groups in total.